The van der Waals surface area contributed by atoms with Gasteiger partial charge in [-0.1, -0.05) is 37.3 Å². The van der Waals surface area contributed by atoms with Crippen LogP contribution in [0.25, 0.3) is 5.57 Å². The SMILES string of the molecule is CCC1(C)OC(=NCc2ccccc2)C=C1c1coc(C)c1. The maximum absolute atomic E-state index is 6.11. The molecule has 3 heteroatoms. The van der Waals surface area contributed by atoms with Crippen molar-refractivity contribution in [2.75, 3.05) is 0 Å². The molecular formula is C19H21NO2. The number of aliphatic imine (C=N–C) groups is 1. The van der Waals surface area contributed by atoms with Gasteiger partial charge in [-0.25, -0.2) is 4.99 Å². The summed E-state index contributed by atoms with van der Waals surface area (Å²) in [6.45, 7) is 6.81. The summed E-state index contributed by atoms with van der Waals surface area (Å²) >= 11 is 0. The molecule has 1 aromatic carbocycles. The average molecular weight is 295 g/mol. The molecule has 2 heterocycles. The van der Waals surface area contributed by atoms with E-state index in [0.29, 0.717) is 12.4 Å². The number of hydrogen-bond acceptors (Lipinski definition) is 3. The van der Waals surface area contributed by atoms with Crippen molar-refractivity contribution in [1.29, 1.82) is 0 Å². The van der Waals surface area contributed by atoms with Gasteiger partial charge < -0.3 is 9.15 Å². The lowest BCUT2D eigenvalue weighted by molar-refractivity contribution is 0.144. The van der Waals surface area contributed by atoms with Crippen LogP contribution in [0.1, 0.15) is 37.2 Å². The predicted molar refractivity (Wildman–Crippen MR) is 88.8 cm³/mol. The quantitative estimate of drug-likeness (QED) is 0.814. The van der Waals surface area contributed by atoms with Gasteiger partial charge in [-0.3, -0.25) is 0 Å². The van der Waals surface area contributed by atoms with Gasteiger partial charge in [0.2, 0.25) is 5.90 Å². The van der Waals surface area contributed by atoms with Crippen molar-refractivity contribution in [1.82, 2.24) is 0 Å². The lowest BCUT2D eigenvalue weighted by atomic mass is 9.90. The summed E-state index contributed by atoms with van der Waals surface area (Å²) in [6, 6.07) is 12.2. The highest BCUT2D eigenvalue weighted by Gasteiger charge is 2.37. The van der Waals surface area contributed by atoms with E-state index in [1.807, 2.05) is 37.3 Å². The van der Waals surface area contributed by atoms with E-state index in [1.54, 1.807) is 6.26 Å². The number of nitrogens with zero attached hydrogens (tertiary/aromatic N) is 1. The maximum atomic E-state index is 6.11. The van der Waals surface area contributed by atoms with E-state index < -0.39 is 0 Å². The highest BCUT2D eigenvalue weighted by molar-refractivity contribution is 6.01. The fourth-order valence-corrected chi connectivity index (χ4v) is 2.66. The largest absolute Gasteiger partial charge is 0.469 e. The predicted octanol–water partition coefficient (Wildman–Crippen LogP) is 4.77. The normalized spacial score (nSPS) is 22.7. The van der Waals surface area contributed by atoms with Gasteiger partial charge in [0.05, 0.1) is 12.8 Å². The number of furan rings is 1. The maximum Gasteiger partial charge on any atom is 0.210 e. The molecule has 0 amide bonds. The van der Waals surface area contributed by atoms with E-state index in [-0.39, 0.29) is 5.60 Å². The molecule has 22 heavy (non-hydrogen) atoms. The molecule has 0 spiro atoms. The van der Waals surface area contributed by atoms with Gasteiger partial charge in [0.15, 0.2) is 0 Å². The Morgan fingerprint density at radius 1 is 1.18 bits per heavy atom. The van der Waals surface area contributed by atoms with Crippen LogP contribution in [0.3, 0.4) is 0 Å². The molecule has 0 saturated carbocycles. The zero-order valence-electron chi connectivity index (χ0n) is 13.3. The van der Waals surface area contributed by atoms with Crippen molar-refractivity contribution >= 4 is 11.5 Å². The van der Waals surface area contributed by atoms with Gasteiger partial charge in [0.1, 0.15) is 11.4 Å². The first-order chi connectivity index (χ1) is 10.6. The number of ether oxygens (including phenoxy) is 1. The molecule has 0 N–H and O–H groups in total. The van der Waals surface area contributed by atoms with Crippen molar-refractivity contribution in [3.63, 3.8) is 0 Å². The molecule has 2 aromatic rings. The minimum atomic E-state index is -0.341. The first-order valence-corrected chi connectivity index (χ1v) is 7.66. The van der Waals surface area contributed by atoms with Crippen molar-refractivity contribution in [3.8, 4) is 0 Å². The first kappa shape index (κ1) is 14.6. The topological polar surface area (TPSA) is 34.7 Å². The molecule has 0 aliphatic carbocycles. The Balaban J connectivity index is 1.87. The monoisotopic (exact) mass is 295 g/mol. The fraction of sp³-hybridized carbons (Fsp3) is 0.316. The summed E-state index contributed by atoms with van der Waals surface area (Å²) < 4.78 is 11.6. The Hall–Kier alpha value is -2.29. The second-order valence-corrected chi connectivity index (χ2v) is 5.83. The molecule has 114 valence electrons. The van der Waals surface area contributed by atoms with Crippen LogP contribution in [0.15, 0.2) is 58.1 Å². The summed E-state index contributed by atoms with van der Waals surface area (Å²) in [5, 5.41) is 0. The number of benzene rings is 1. The van der Waals surface area contributed by atoms with Crippen LogP contribution in [0.2, 0.25) is 0 Å². The van der Waals surface area contributed by atoms with Gasteiger partial charge in [0.25, 0.3) is 0 Å². The van der Waals surface area contributed by atoms with Crippen molar-refractivity contribution < 1.29 is 9.15 Å². The van der Waals surface area contributed by atoms with E-state index in [9.17, 15) is 0 Å². The van der Waals surface area contributed by atoms with Crippen LogP contribution in [-0.4, -0.2) is 11.5 Å². The van der Waals surface area contributed by atoms with Gasteiger partial charge in [-0.2, -0.15) is 0 Å². The van der Waals surface area contributed by atoms with Crippen molar-refractivity contribution in [3.05, 3.63) is 65.6 Å². The lowest BCUT2D eigenvalue weighted by Crippen LogP contribution is -2.26. The summed E-state index contributed by atoms with van der Waals surface area (Å²) in [6.07, 6.45) is 4.71. The molecule has 0 bridgehead atoms. The number of aryl methyl sites for hydroxylation is 1. The lowest BCUT2D eigenvalue weighted by Gasteiger charge is -2.25. The molecule has 0 fully saturated rings. The zero-order valence-corrected chi connectivity index (χ0v) is 13.3. The first-order valence-electron chi connectivity index (χ1n) is 7.66. The van der Waals surface area contributed by atoms with Crippen LogP contribution >= 0.6 is 0 Å². The van der Waals surface area contributed by atoms with E-state index >= 15 is 0 Å². The number of rotatable bonds is 4. The molecule has 3 nitrogen and oxygen atoms in total. The van der Waals surface area contributed by atoms with E-state index in [0.717, 1.165) is 23.3 Å². The molecule has 1 aliphatic heterocycles. The van der Waals surface area contributed by atoms with Crippen LogP contribution in [-0.2, 0) is 11.3 Å². The standard InChI is InChI=1S/C19H21NO2/c1-4-19(3)17(16-10-14(2)21-13-16)11-18(22-19)20-12-15-8-6-5-7-9-15/h5-11,13H,4,12H2,1-3H3. The van der Waals surface area contributed by atoms with Gasteiger partial charge >= 0.3 is 0 Å². The number of hydrogen-bond donors (Lipinski definition) is 0. The van der Waals surface area contributed by atoms with Gasteiger partial charge in [0, 0.05) is 17.2 Å². The molecular weight excluding hydrogens is 274 g/mol. The summed E-state index contributed by atoms with van der Waals surface area (Å²) in [5.74, 6) is 1.60. The molecule has 1 unspecified atom stereocenters. The molecule has 3 rings (SSSR count). The van der Waals surface area contributed by atoms with Crippen LogP contribution in [0.5, 0.6) is 0 Å². The summed E-state index contributed by atoms with van der Waals surface area (Å²) in [7, 11) is 0. The highest BCUT2D eigenvalue weighted by atomic mass is 16.5. The van der Waals surface area contributed by atoms with Crippen molar-refractivity contribution in [2.24, 2.45) is 4.99 Å². The second-order valence-electron chi connectivity index (χ2n) is 5.83. The second kappa shape index (κ2) is 5.84. The molecule has 1 atom stereocenters. The fourth-order valence-electron chi connectivity index (χ4n) is 2.66. The van der Waals surface area contributed by atoms with Crippen LogP contribution < -0.4 is 0 Å². The summed E-state index contributed by atoms with van der Waals surface area (Å²) in [5.41, 5.74) is 3.05. The minimum Gasteiger partial charge on any atom is -0.469 e. The Labute approximate surface area is 131 Å². The van der Waals surface area contributed by atoms with E-state index in [1.165, 1.54) is 5.56 Å². The van der Waals surface area contributed by atoms with Gasteiger partial charge in [-0.15, -0.1) is 0 Å². The molecule has 0 saturated heterocycles. The molecule has 1 aromatic heterocycles. The molecule has 1 aliphatic rings. The summed E-state index contributed by atoms with van der Waals surface area (Å²) in [4.78, 5) is 4.61. The minimum absolute atomic E-state index is 0.341. The Kier molecular flexibility index (Phi) is 3.88. The van der Waals surface area contributed by atoms with Crippen LogP contribution in [0, 0.1) is 6.92 Å². The zero-order chi connectivity index (χ0) is 15.6. The Morgan fingerprint density at radius 3 is 2.59 bits per heavy atom. The highest BCUT2D eigenvalue weighted by Crippen LogP contribution is 2.39. The van der Waals surface area contributed by atoms with Crippen molar-refractivity contribution in [2.45, 2.75) is 39.3 Å². The molecule has 0 radical (unpaired) electrons. The van der Waals surface area contributed by atoms with E-state index in [2.05, 4.69) is 31.0 Å². The van der Waals surface area contributed by atoms with Crippen LogP contribution in [0.4, 0.5) is 0 Å². The van der Waals surface area contributed by atoms with E-state index in [4.69, 9.17) is 9.15 Å². The van der Waals surface area contributed by atoms with Gasteiger partial charge in [-0.05, 0) is 31.9 Å². The third-order valence-electron chi connectivity index (χ3n) is 4.14. The Morgan fingerprint density at radius 2 is 1.95 bits per heavy atom. The Bertz CT molecular complexity index is 712. The third kappa shape index (κ3) is 2.84. The third-order valence-corrected chi connectivity index (χ3v) is 4.14. The smallest absolute Gasteiger partial charge is 0.210 e. The average Bonchev–Trinajstić information content (AvgIpc) is 3.10.